The van der Waals surface area contributed by atoms with Gasteiger partial charge < -0.3 is 23.0 Å². The summed E-state index contributed by atoms with van der Waals surface area (Å²) in [6, 6.07) is 66.2. The zero-order chi connectivity index (χ0) is 53.6. The van der Waals surface area contributed by atoms with Crippen LogP contribution in [0, 0.1) is 36.5 Å². The van der Waals surface area contributed by atoms with Crippen LogP contribution in [0.25, 0.3) is 106 Å². The first-order valence-corrected chi connectivity index (χ1v) is 27.2. The molecule has 0 saturated carbocycles. The van der Waals surface area contributed by atoms with Gasteiger partial charge in [0.2, 0.25) is 0 Å². The second-order valence-electron chi connectivity index (χ2n) is 21.8. The van der Waals surface area contributed by atoms with Gasteiger partial charge in [-0.1, -0.05) is 111 Å². The van der Waals surface area contributed by atoms with E-state index >= 15 is 0 Å². The van der Waals surface area contributed by atoms with Crippen LogP contribution in [0.15, 0.2) is 186 Å². The van der Waals surface area contributed by atoms with E-state index in [-0.39, 0.29) is 5.41 Å². The number of rotatable bonds is 6. The maximum absolute atomic E-state index is 11.6. The number of nitrogens with zero attached hydrogens (tertiary/aromatic N) is 6. The summed E-state index contributed by atoms with van der Waals surface area (Å²) < 4.78 is 13.5. The second kappa shape index (κ2) is 17.0. The van der Waals surface area contributed by atoms with Gasteiger partial charge in [0.25, 0.3) is 0 Å². The van der Waals surface area contributed by atoms with Gasteiger partial charge in [0, 0.05) is 72.8 Å². The van der Waals surface area contributed by atoms with Crippen LogP contribution < -0.4 is 4.90 Å². The average molecular weight is 1020 g/mol. The molecule has 5 heterocycles. The number of furan rings is 1. The van der Waals surface area contributed by atoms with Crippen LogP contribution in [-0.2, 0) is 11.8 Å². The molecule has 13 aromatic rings. The Balaban J connectivity index is 0.996. The van der Waals surface area contributed by atoms with Crippen molar-refractivity contribution in [2.75, 3.05) is 4.90 Å². The van der Waals surface area contributed by atoms with E-state index in [0.29, 0.717) is 22.5 Å². The molecule has 0 spiro atoms. The fourth-order valence-electron chi connectivity index (χ4n) is 13.7. The van der Waals surface area contributed by atoms with E-state index in [0.717, 1.165) is 106 Å². The topological polar surface area (TPSA) is 78.8 Å². The molecule has 79 heavy (non-hydrogen) atoms. The summed E-state index contributed by atoms with van der Waals surface area (Å²) in [6.45, 7) is 12.9. The van der Waals surface area contributed by atoms with Gasteiger partial charge >= 0.3 is 0 Å². The van der Waals surface area contributed by atoms with Gasteiger partial charge in [-0.3, -0.25) is 0 Å². The van der Waals surface area contributed by atoms with Crippen molar-refractivity contribution in [3.8, 4) is 40.3 Å². The second-order valence-corrected chi connectivity index (χ2v) is 21.8. The van der Waals surface area contributed by atoms with Crippen LogP contribution in [0.3, 0.4) is 0 Å². The number of aromatic nitrogens is 3. The summed E-state index contributed by atoms with van der Waals surface area (Å²) >= 11 is 0. The first-order chi connectivity index (χ1) is 38.6. The summed E-state index contributed by atoms with van der Waals surface area (Å²) in [5.41, 5.74) is 22.7. The van der Waals surface area contributed by atoms with Crippen molar-refractivity contribution in [3.63, 3.8) is 0 Å². The summed E-state index contributed by atoms with van der Waals surface area (Å²) in [4.78, 5) is 2.39. The van der Waals surface area contributed by atoms with Crippen LogP contribution in [0.1, 0.15) is 83.7 Å². The van der Waals surface area contributed by atoms with Crippen molar-refractivity contribution < 1.29 is 4.42 Å². The number of hydrogen-bond acceptors (Lipinski definition) is 4. The Labute approximate surface area is 457 Å². The summed E-state index contributed by atoms with van der Waals surface area (Å²) in [6.07, 6.45) is 9.29. The maximum Gasteiger partial charge on any atom is 0.144 e. The van der Waals surface area contributed by atoms with Gasteiger partial charge in [-0.25, -0.2) is 0 Å². The lowest BCUT2D eigenvalue weighted by Crippen LogP contribution is -2.18. The Kier molecular flexibility index (Phi) is 9.93. The minimum Gasteiger partial charge on any atom is -0.460 e. The molecule has 0 fully saturated rings. The van der Waals surface area contributed by atoms with Gasteiger partial charge in [-0.15, -0.1) is 0 Å². The summed E-state index contributed by atoms with van der Waals surface area (Å²) in [5.74, 6) is 0.829. The molecule has 376 valence electrons. The van der Waals surface area contributed by atoms with Crippen LogP contribution in [0.2, 0.25) is 0 Å². The van der Waals surface area contributed by atoms with E-state index in [4.69, 9.17) is 4.42 Å². The predicted molar refractivity (Wildman–Crippen MR) is 325 cm³/mol. The van der Waals surface area contributed by atoms with Crippen molar-refractivity contribution in [2.45, 2.75) is 53.4 Å². The van der Waals surface area contributed by atoms with Crippen molar-refractivity contribution in [2.24, 2.45) is 0 Å². The van der Waals surface area contributed by atoms with Crippen molar-refractivity contribution in [1.29, 1.82) is 10.5 Å². The van der Waals surface area contributed by atoms with Crippen molar-refractivity contribution in [3.05, 3.63) is 238 Å². The Morgan fingerprint density at radius 1 is 0.494 bits per heavy atom. The molecule has 0 radical (unpaired) electrons. The lowest BCUT2D eigenvalue weighted by molar-refractivity contribution is 0.580. The number of aryl methyl sites for hydroxylation is 2. The molecule has 0 unspecified atom stereocenters. The highest BCUT2D eigenvalue weighted by Crippen LogP contribution is 2.53. The fourth-order valence-corrected chi connectivity index (χ4v) is 13.7. The number of para-hydroxylation sites is 3. The zero-order valence-electron chi connectivity index (χ0n) is 44.8. The molecule has 7 heteroatoms. The number of hydrogen-bond donors (Lipinski definition) is 0. The normalized spacial score (nSPS) is 13.6. The largest absolute Gasteiger partial charge is 0.460 e. The predicted octanol–water partition coefficient (Wildman–Crippen LogP) is 18.7. The summed E-state index contributed by atoms with van der Waals surface area (Å²) in [5, 5.41) is 29.4. The average Bonchev–Trinajstić information content (AvgIpc) is 4.42. The number of nitriles is 2. The highest BCUT2D eigenvalue weighted by atomic mass is 16.3. The monoisotopic (exact) mass is 1020 g/mol. The van der Waals surface area contributed by atoms with E-state index < -0.39 is 0 Å². The van der Waals surface area contributed by atoms with Crippen LogP contribution in [0.5, 0.6) is 0 Å². The van der Waals surface area contributed by atoms with E-state index in [1.165, 1.54) is 44.3 Å². The standard InChI is InChI=1S/C72H52N6O/c1-7-17-51-43(4)79-71-53(51)29-32-66-70(71)57-37-49(75-60(18-8-2)42(3)50-21-12-16-26-63(50)75)28-31-65(57)77(66)67-34-47(41-74)68(35-46(67)40-73)78-64-30-27-48(76-61-24-14-9-19-44(61)33-45-20-10-15-25-62(45)76)36-55(64)56-38-54-52-22-11-13-23-58(52)72(5,6)59(54)39-69(56)78/h7-32,34-39H,33H2,1-6H3/b17-7-,18-8-. The molecule has 4 aromatic heterocycles. The molecule has 15 rings (SSSR count). The Bertz CT molecular complexity index is 4940. The maximum atomic E-state index is 11.6. The molecule has 1 aliphatic carbocycles. The molecule has 0 bridgehead atoms. The minimum absolute atomic E-state index is 0.281. The van der Waals surface area contributed by atoms with E-state index in [2.05, 4.69) is 234 Å². The SMILES string of the molecule is C/C=C\c1c(C)oc2c1ccc1c2c2cc(-n3c(/C=C\C)c(C)c4ccccc43)ccc2n1-c1cc(C#N)c(-n2c3ccc(N4c5ccccc5Cc5ccccc54)cc3c3cc4c(cc32)C(C)(C)c2ccccc2-4)cc1C#N. The molecule has 0 amide bonds. The van der Waals surface area contributed by atoms with Gasteiger partial charge in [0.1, 0.15) is 23.5 Å². The van der Waals surface area contributed by atoms with Gasteiger partial charge in [-0.2, -0.15) is 10.5 Å². The number of fused-ring (bicyclic) bond motifs is 14. The third-order valence-electron chi connectivity index (χ3n) is 17.3. The smallest absolute Gasteiger partial charge is 0.144 e. The Morgan fingerprint density at radius 2 is 1.09 bits per heavy atom. The van der Waals surface area contributed by atoms with Gasteiger partial charge in [0.05, 0.1) is 55.5 Å². The van der Waals surface area contributed by atoms with Crippen LogP contribution in [0.4, 0.5) is 17.1 Å². The van der Waals surface area contributed by atoms with Crippen molar-refractivity contribution >= 4 is 94.7 Å². The van der Waals surface area contributed by atoms with Gasteiger partial charge in [-0.05, 0) is 164 Å². The van der Waals surface area contributed by atoms with Crippen LogP contribution >= 0.6 is 0 Å². The molecule has 0 N–H and O–H groups in total. The fraction of sp³-hybridized carbons (Fsp3) is 0.111. The van der Waals surface area contributed by atoms with Gasteiger partial charge in [0.15, 0.2) is 0 Å². The lowest BCUT2D eigenvalue weighted by atomic mass is 9.82. The van der Waals surface area contributed by atoms with E-state index in [1.807, 2.05) is 32.1 Å². The Morgan fingerprint density at radius 3 is 1.81 bits per heavy atom. The number of allylic oxidation sites excluding steroid dienone is 2. The van der Waals surface area contributed by atoms with E-state index in [1.54, 1.807) is 0 Å². The molecular weight excluding hydrogens is 965 g/mol. The first-order valence-electron chi connectivity index (χ1n) is 27.2. The summed E-state index contributed by atoms with van der Waals surface area (Å²) in [7, 11) is 0. The molecular formula is C72H52N6O. The third-order valence-corrected chi connectivity index (χ3v) is 17.3. The molecule has 7 nitrogen and oxygen atoms in total. The molecule has 0 atom stereocenters. The molecule has 9 aromatic carbocycles. The molecule has 1 aliphatic heterocycles. The Hall–Kier alpha value is -10.1. The van der Waals surface area contributed by atoms with E-state index in [9.17, 15) is 10.5 Å². The number of anilines is 3. The third kappa shape index (κ3) is 6.39. The van der Waals surface area contributed by atoms with Crippen molar-refractivity contribution in [1.82, 2.24) is 13.7 Å². The minimum atomic E-state index is -0.281. The quantitative estimate of drug-likeness (QED) is 0.166. The highest BCUT2D eigenvalue weighted by molar-refractivity contribution is 6.21. The lowest BCUT2D eigenvalue weighted by Gasteiger charge is -2.33. The first kappa shape index (κ1) is 46.2. The van der Waals surface area contributed by atoms with Crippen LogP contribution in [-0.4, -0.2) is 13.7 Å². The molecule has 2 aliphatic rings. The highest BCUT2D eigenvalue weighted by Gasteiger charge is 2.37. The zero-order valence-corrected chi connectivity index (χ0v) is 44.8. The molecule has 0 saturated heterocycles. The number of benzene rings is 9.